The summed E-state index contributed by atoms with van der Waals surface area (Å²) in [6.45, 7) is 2.22. The molecule has 0 bridgehead atoms. The molecular formula is C18H20F3N7O2S2. The first-order valence-corrected chi connectivity index (χ1v) is 11.9. The molecule has 1 N–H and O–H groups in total. The Morgan fingerprint density at radius 3 is 2.44 bits per heavy atom. The third kappa shape index (κ3) is 4.61. The molecule has 14 heteroatoms. The van der Waals surface area contributed by atoms with Gasteiger partial charge in [-0.05, 0) is 19.8 Å². The van der Waals surface area contributed by atoms with E-state index >= 15 is 0 Å². The van der Waals surface area contributed by atoms with E-state index in [0.717, 1.165) is 17.5 Å². The summed E-state index contributed by atoms with van der Waals surface area (Å²) in [5.41, 5.74) is -1.15. The second-order valence-corrected chi connectivity index (χ2v) is 10.5. The molecule has 4 rings (SSSR count). The third-order valence-electron chi connectivity index (χ3n) is 5.05. The van der Waals surface area contributed by atoms with Gasteiger partial charge in [0, 0.05) is 44.8 Å². The molecule has 0 radical (unpaired) electrons. The Balaban J connectivity index is 1.48. The van der Waals surface area contributed by atoms with E-state index in [1.807, 2.05) is 0 Å². The van der Waals surface area contributed by atoms with Crippen LogP contribution in [0.25, 0.3) is 10.6 Å². The van der Waals surface area contributed by atoms with E-state index < -0.39 is 21.8 Å². The van der Waals surface area contributed by atoms with E-state index in [0.29, 0.717) is 22.7 Å². The van der Waals surface area contributed by atoms with Crippen molar-refractivity contribution < 1.29 is 21.6 Å². The quantitative estimate of drug-likeness (QED) is 0.590. The lowest BCUT2D eigenvalue weighted by Gasteiger charge is -2.31. The van der Waals surface area contributed by atoms with Crippen molar-refractivity contribution >= 4 is 27.3 Å². The second kappa shape index (κ2) is 8.41. The van der Waals surface area contributed by atoms with Gasteiger partial charge in [-0.15, -0.1) is 11.3 Å². The Morgan fingerprint density at radius 2 is 1.88 bits per heavy atom. The van der Waals surface area contributed by atoms with Gasteiger partial charge < -0.3 is 5.32 Å². The van der Waals surface area contributed by atoms with Crippen molar-refractivity contribution in [1.29, 1.82) is 0 Å². The fraction of sp³-hybridized carbons (Fsp3) is 0.444. The zero-order valence-corrected chi connectivity index (χ0v) is 18.8. The van der Waals surface area contributed by atoms with E-state index in [1.54, 1.807) is 14.0 Å². The largest absolute Gasteiger partial charge is 0.420 e. The molecule has 3 aromatic heterocycles. The van der Waals surface area contributed by atoms with Gasteiger partial charge in [0.1, 0.15) is 10.5 Å². The van der Waals surface area contributed by atoms with Gasteiger partial charge in [-0.3, -0.25) is 4.68 Å². The number of hydrogen-bond donors (Lipinski definition) is 1. The molecule has 3 aromatic rings. The zero-order chi connectivity index (χ0) is 23.1. The van der Waals surface area contributed by atoms with Crippen molar-refractivity contribution in [3.63, 3.8) is 0 Å². The summed E-state index contributed by atoms with van der Waals surface area (Å²) >= 11 is 1.12. The first-order chi connectivity index (χ1) is 15.0. The van der Waals surface area contributed by atoms with Gasteiger partial charge in [-0.1, -0.05) is 0 Å². The molecule has 1 saturated heterocycles. The van der Waals surface area contributed by atoms with Gasteiger partial charge in [-0.25, -0.2) is 23.4 Å². The molecule has 1 aliphatic heterocycles. The number of piperidine rings is 1. The molecule has 0 amide bonds. The number of rotatable bonds is 5. The molecule has 0 aliphatic carbocycles. The Bertz CT molecular complexity index is 1220. The van der Waals surface area contributed by atoms with Gasteiger partial charge >= 0.3 is 6.18 Å². The van der Waals surface area contributed by atoms with Crippen molar-refractivity contribution in [1.82, 2.24) is 29.0 Å². The van der Waals surface area contributed by atoms with Crippen LogP contribution in [0.1, 0.15) is 23.4 Å². The lowest BCUT2D eigenvalue weighted by molar-refractivity contribution is -0.137. The average molecular weight is 488 g/mol. The summed E-state index contributed by atoms with van der Waals surface area (Å²) in [5.74, 6) is 0.0626. The van der Waals surface area contributed by atoms with E-state index in [1.165, 1.54) is 27.6 Å². The molecular weight excluding hydrogens is 467 g/mol. The van der Waals surface area contributed by atoms with Gasteiger partial charge in [0.05, 0.1) is 21.8 Å². The highest BCUT2D eigenvalue weighted by molar-refractivity contribution is 7.89. The number of anilines is 1. The first-order valence-electron chi connectivity index (χ1n) is 9.66. The predicted octanol–water partition coefficient (Wildman–Crippen LogP) is 2.93. The second-order valence-electron chi connectivity index (χ2n) is 7.37. The smallest absolute Gasteiger partial charge is 0.351 e. The molecule has 32 heavy (non-hydrogen) atoms. The van der Waals surface area contributed by atoms with Crippen molar-refractivity contribution in [2.24, 2.45) is 7.05 Å². The van der Waals surface area contributed by atoms with Crippen LogP contribution in [0.5, 0.6) is 0 Å². The van der Waals surface area contributed by atoms with Crippen LogP contribution < -0.4 is 5.32 Å². The molecule has 0 atom stereocenters. The first kappa shape index (κ1) is 22.6. The minimum Gasteiger partial charge on any atom is -0.351 e. The fourth-order valence-electron chi connectivity index (χ4n) is 3.42. The van der Waals surface area contributed by atoms with E-state index in [4.69, 9.17) is 0 Å². The van der Waals surface area contributed by atoms with E-state index in [9.17, 15) is 21.6 Å². The summed E-state index contributed by atoms with van der Waals surface area (Å²) in [7, 11) is -2.00. The van der Waals surface area contributed by atoms with Crippen LogP contribution >= 0.6 is 11.3 Å². The lowest BCUT2D eigenvalue weighted by Crippen LogP contribution is -2.42. The summed E-state index contributed by atoms with van der Waals surface area (Å²) in [6, 6.07) is -0.178. The third-order valence-corrected chi connectivity index (χ3v) is 7.83. The minimum atomic E-state index is -4.60. The van der Waals surface area contributed by atoms with E-state index in [2.05, 4.69) is 25.4 Å². The minimum absolute atomic E-state index is 0.0626. The van der Waals surface area contributed by atoms with Crippen molar-refractivity contribution in [2.45, 2.75) is 36.9 Å². The van der Waals surface area contributed by atoms with Crippen molar-refractivity contribution in [3.8, 4) is 10.6 Å². The van der Waals surface area contributed by atoms with Crippen LogP contribution in [0.15, 0.2) is 29.7 Å². The van der Waals surface area contributed by atoms with Crippen LogP contribution in [-0.2, 0) is 23.2 Å². The molecule has 0 aromatic carbocycles. The van der Waals surface area contributed by atoms with Crippen molar-refractivity contribution in [2.75, 3.05) is 18.4 Å². The van der Waals surface area contributed by atoms with Gasteiger partial charge in [0.15, 0.2) is 0 Å². The highest BCUT2D eigenvalue weighted by atomic mass is 32.2. The number of halogens is 3. The SMILES string of the molecule is Cc1ncc(-c2nc(NC3CCN(S(=O)(=O)c4cnn(C)c4)CC3)ncc2C(F)(F)F)s1. The number of thiazole rings is 1. The normalized spacial score (nSPS) is 16.4. The number of hydrogen-bond acceptors (Lipinski definition) is 8. The van der Waals surface area contributed by atoms with Gasteiger partial charge in [0.25, 0.3) is 0 Å². The Morgan fingerprint density at radius 1 is 1.16 bits per heavy atom. The van der Waals surface area contributed by atoms with Crippen LogP contribution in [0.2, 0.25) is 0 Å². The predicted molar refractivity (Wildman–Crippen MR) is 111 cm³/mol. The van der Waals surface area contributed by atoms with Crippen LogP contribution in [0, 0.1) is 6.92 Å². The number of alkyl halides is 3. The summed E-state index contributed by atoms with van der Waals surface area (Å²) < 4.78 is 68.6. The number of aromatic nitrogens is 5. The fourth-order valence-corrected chi connectivity index (χ4v) is 5.66. The zero-order valence-electron chi connectivity index (χ0n) is 17.2. The Hall–Kier alpha value is -2.58. The molecule has 172 valence electrons. The van der Waals surface area contributed by atoms with Gasteiger partial charge in [-0.2, -0.15) is 22.6 Å². The topological polar surface area (TPSA) is 106 Å². The number of aryl methyl sites for hydroxylation is 2. The van der Waals surface area contributed by atoms with Crippen LogP contribution in [-0.4, -0.2) is 56.6 Å². The maximum absolute atomic E-state index is 13.4. The molecule has 9 nitrogen and oxygen atoms in total. The maximum atomic E-state index is 13.4. The molecule has 1 aliphatic rings. The Kier molecular flexibility index (Phi) is 5.94. The highest BCUT2D eigenvalue weighted by Gasteiger charge is 2.36. The summed E-state index contributed by atoms with van der Waals surface area (Å²) in [5, 5.41) is 7.58. The van der Waals surface area contributed by atoms with E-state index in [-0.39, 0.29) is 35.7 Å². The monoisotopic (exact) mass is 487 g/mol. The number of nitrogens with one attached hydrogen (secondary N) is 1. The highest BCUT2D eigenvalue weighted by Crippen LogP contribution is 2.38. The number of sulfonamides is 1. The molecule has 0 spiro atoms. The maximum Gasteiger partial charge on any atom is 0.420 e. The summed E-state index contributed by atoms with van der Waals surface area (Å²) in [6.07, 6.45) is 1.19. The lowest BCUT2D eigenvalue weighted by atomic mass is 10.1. The Labute approximate surface area is 186 Å². The van der Waals surface area contributed by atoms with Crippen LogP contribution in [0.3, 0.4) is 0 Å². The summed E-state index contributed by atoms with van der Waals surface area (Å²) in [4.78, 5) is 12.4. The van der Waals surface area contributed by atoms with Gasteiger partial charge in [0.2, 0.25) is 16.0 Å². The molecule has 4 heterocycles. The average Bonchev–Trinajstić information content (AvgIpc) is 3.36. The molecule has 0 unspecified atom stereocenters. The van der Waals surface area contributed by atoms with Crippen molar-refractivity contribution in [3.05, 3.63) is 35.4 Å². The number of nitrogens with zero attached hydrogens (tertiary/aromatic N) is 6. The van der Waals surface area contributed by atoms with Crippen LogP contribution in [0.4, 0.5) is 19.1 Å². The molecule has 1 fully saturated rings. The standard InChI is InChI=1S/C18H20F3N7O2S2/c1-11-22-9-15(31-11)16-14(18(19,20)21)8-23-17(26-16)25-12-3-5-28(6-4-12)32(29,30)13-7-24-27(2)10-13/h7-10,12H,3-6H2,1-2H3,(H,23,25,26). The molecule has 0 saturated carbocycles.